The van der Waals surface area contributed by atoms with Gasteiger partial charge in [0.05, 0.1) is 11.3 Å². The number of anilines is 1. The molecule has 0 bridgehead atoms. The van der Waals surface area contributed by atoms with E-state index in [-0.39, 0.29) is 11.6 Å². The predicted molar refractivity (Wildman–Crippen MR) is 43.6 cm³/mol. The monoisotopic (exact) mass is 161 g/mol. The van der Waals surface area contributed by atoms with Gasteiger partial charge in [0, 0.05) is 6.42 Å². The Kier molecular flexibility index (Phi) is 1.40. The van der Waals surface area contributed by atoms with Gasteiger partial charge in [-0.15, -0.1) is 0 Å². The zero-order chi connectivity index (χ0) is 8.55. The number of nitrogens with zero attached hydrogens (tertiary/aromatic N) is 2. The molecule has 60 valence electrons. The van der Waals surface area contributed by atoms with Gasteiger partial charge in [0.1, 0.15) is 12.1 Å². The van der Waals surface area contributed by atoms with Crippen molar-refractivity contribution in [3.05, 3.63) is 29.7 Å². The van der Waals surface area contributed by atoms with E-state index in [4.69, 9.17) is 5.73 Å². The van der Waals surface area contributed by atoms with Gasteiger partial charge < -0.3 is 5.73 Å². The Morgan fingerprint density at radius 2 is 2.25 bits per heavy atom. The van der Waals surface area contributed by atoms with Crippen LogP contribution in [-0.4, -0.2) is 15.8 Å². The molecule has 4 heteroatoms. The predicted octanol–water partition coefficient (Wildman–Crippen LogP) is 0.354. The maximum absolute atomic E-state index is 11.3. The fourth-order valence-corrected chi connectivity index (χ4v) is 1.22. The standard InChI is InChI=1S/C8H7N3O/c9-8-7-5(10-4-11-8)2-1-3-6(7)12/h1,3-4H,2H2,(H2,9,10,11). The average molecular weight is 161 g/mol. The number of rotatable bonds is 0. The van der Waals surface area contributed by atoms with Gasteiger partial charge >= 0.3 is 0 Å². The maximum atomic E-state index is 11.3. The zero-order valence-electron chi connectivity index (χ0n) is 6.32. The molecule has 1 aliphatic carbocycles. The number of fused-ring (bicyclic) bond motifs is 1. The van der Waals surface area contributed by atoms with Crippen molar-refractivity contribution in [1.29, 1.82) is 0 Å². The van der Waals surface area contributed by atoms with Gasteiger partial charge in [-0.1, -0.05) is 6.08 Å². The summed E-state index contributed by atoms with van der Waals surface area (Å²) < 4.78 is 0. The molecule has 2 rings (SSSR count). The van der Waals surface area contributed by atoms with Crippen LogP contribution in [0.5, 0.6) is 0 Å². The second-order valence-corrected chi connectivity index (χ2v) is 2.55. The molecule has 4 nitrogen and oxygen atoms in total. The van der Waals surface area contributed by atoms with E-state index < -0.39 is 0 Å². The first kappa shape index (κ1) is 6.97. The van der Waals surface area contributed by atoms with Crippen LogP contribution in [0, 0.1) is 0 Å². The molecule has 0 unspecified atom stereocenters. The summed E-state index contributed by atoms with van der Waals surface area (Å²) in [5, 5.41) is 0. The number of allylic oxidation sites excluding steroid dienone is 2. The van der Waals surface area contributed by atoms with Gasteiger partial charge in [0.25, 0.3) is 0 Å². The first-order valence-corrected chi connectivity index (χ1v) is 3.59. The van der Waals surface area contributed by atoms with Crippen molar-refractivity contribution in [3.8, 4) is 0 Å². The van der Waals surface area contributed by atoms with Crippen LogP contribution in [0.3, 0.4) is 0 Å². The molecule has 0 fully saturated rings. The van der Waals surface area contributed by atoms with Crippen molar-refractivity contribution in [1.82, 2.24) is 9.97 Å². The summed E-state index contributed by atoms with van der Waals surface area (Å²) in [5.74, 6) is 0.170. The average Bonchev–Trinajstić information content (AvgIpc) is 2.04. The largest absolute Gasteiger partial charge is 0.383 e. The van der Waals surface area contributed by atoms with E-state index in [0.29, 0.717) is 12.0 Å². The molecule has 0 radical (unpaired) electrons. The van der Waals surface area contributed by atoms with E-state index in [1.165, 1.54) is 12.4 Å². The summed E-state index contributed by atoms with van der Waals surface area (Å²) >= 11 is 0. The molecule has 12 heavy (non-hydrogen) atoms. The van der Waals surface area contributed by atoms with Gasteiger partial charge in [-0.3, -0.25) is 4.79 Å². The molecular weight excluding hydrogens is 154 g/mol. The second kappa shape index (κ2) is 2.41. The summed E-state index contributed by atoms with van der Waals surface area (Å²) in [5.41, 5.74) is 6.70. The topological polar surface area (TPSA) is 68.9 Å². The minimum absolute atomic E-state index is 0.102. The van der Waals surface area contributed by atoms with Crippen molar-refractivity contribution >= 4 is 11.6 Å². The SMILES string of the molecule is Nc1ncnc2c1C(=O)C=CC2. The van der Waals surface area contributed by atoms with Crippen molar-refractivity contribution in [3.63, 3.8) is 0 Å². The van der Waals surface area contributed by atoms with Gasteiger partial charge in [-0.05, 0) is 6.08 Å². The van der Waals surface area contributed by atoms with Crippen molar-refractivity contribution in [2.24, 2.45) is 0 Å². The number of nitrogen functional groups attached to an aromatic ring is 1. The van der Waals surface area contributed by atoms with Gasteiger partial charge in [-0.25, -0.2) is 9.97 Å². The van der Waals surface area contributed by atoms with Crippen LogP contribution in [0.2, 0.25) is 0 Å². The molecule has 1 aliphatic rings. The Bertz CT molecular complexity index is 371. The molecule has 0 saturated heterocycles. The van der Waals surface area contributed by atoms with E-state index >= 15 is 0 Å². The van der Waals surface area contributed by atoms with E-state index in [0.717, 1.165) is 5.69 Å². The van der Waals surface area contributed by atoms with Crippen LogP contribution >= 0.6 is 0 Å². The lowest BCUT2D eigenvalue weighted by atomic mass is 10.0. The fourth-order valence-electron chi connectivity index (χ4n) is 1.22. The maximum Gasteiger partial charge on any atom is 0.191 e. The number of carbonyl (C=O) groups is 1. The van der Waals surface area contributed by atoms with E-state index in [1.54, 1.807) is 6.08 Å². The molecule has 0 atom stereocenters. The van der Waals surface area contributed by atoms with Crippen LogP contribution in [0.4, 0.5) is 5.82 Å². The van der Waals surface area contributed by atoms with Crippen molar-refractivity contribution in [2.75, 3.05) is 5.73 Å². The number of hydrogen-bond donors (Lipinski definition) is 1. The van der Waals surface area contributed by atoms with Crippen LogP contribution in [0.1, 0.15) is 16.1 Å². The minimum atomic E-state index is -0.102. The summed E-state index contributed by atoms with van der Waals surface area (Å²) in [4.78, 5) is 19.0. The number of nitrogens with two attached hydrogens (primary N) is 1. The number of ketones is 1. The number of aromatic nitrogens is 2. The normalized spacial score (nSPS) is 14.5. The van der Waals surface area contributed by atoms with Crippen molar-refractivity contribution < 1.29 is 4.79 Å². The Labute approximate surface area is 69.1 Å². The first-order valence-electron chi connectivity index (χ1n) is 3.59. The summed E-state index contributed by atoms with van der Waals surface area (Å²) in [6.45, 7) is 0. The summed E-state index contributed by atoms with van der Waals surface area (Å²) in [6.07, 6.45) is 5.31. The Balaban J connectivity index is 2.66. The third-order valence-corrected chi connectivity index (χ3v) is 1.78. The third-order valence-electron chi connectivity index (χ3n) is 1.78. The molecule has 2 N–H and O–H groups in total. The third kappa shape index (κ3) is 0.887. The zero-order valence-corrected chi connectivity index (χ0v) is 6.32. The minimum Gasteiger partial charge on any atom is -0.383 e. The highest BCUT2D eigenvalue weighted by atomic mass is 16.1. The first-order chi connectivity index (χ1) is 5.79. The number of carbonyl (C=O) groups excluding carboxylic acids is 1. The molecule has 1 aromatic heterocycles. The van der Waals surface area contributed by atoms with Crippen LogP contribution in [0.15, 0.2) is 18.5 Å². The molecule has 0 amide bonds. The van der Waals surface area contributed by atoms with Crippen LogP contribution < -0.4 is 5.73 Å². The van der Waals surface area contributed by atoms with Crippen LogP contribution in [0.25, 0.3) is 0 Å². The van der Waals surface area contributed by atoms with E-state index in [1.807, 2.05) is 0 Å². The van der Waals surface area contributed by atoms with Crippen molar-refractivity contribution in [2.45, 2.75) is 6.42 Å². The second-order valence-electron chi connectivity index (χ2n) is 2.55. The molecule has 0 spiro atoms. The highest BCUT2D eigenvalue weighted by Gasteiger charge is 2.17. The highest BCUT2D eigenvalue weighted by Crippen LogP contribution is 2.17. The molecule has 0 aliphatic heterocycles. The van der Waals surface area contributed by atoms with E-state index in [2.05, 4.69) is 9.97 Å². The lowest BCUT2D eigenvalue weighted by molar-refractivity contribution is 0.104. The van der Waals surface area contributed by atoms with Gasteiger partial charge in [0.2, 0.25) is 0 Å². The molecule has 1 aromatic rings. The lowest BCUT2D eigenvalue weighted by Gasteiger charge is -2.08. The molecular formula is C8H7N3O. The lowest BCUT2D eigenvalue weighted by Crippen LogP contribution is -2.12. The fraction of sp³-hybridized carbons (Fsp3) is 0.125. The van der Waals surface area contributed by atoms with E-state index in [9.17, 15) is 4.79 Å². The smallest absolute Gasteiger partial charge is 0.191 e. The summed E-state index contributed by atoms with van der Waals surface area (Å²) in [7, 11) is 0. The van der Waals surface area contributed by atoms with Gasteiger partial charge in [0.15, 0.2) is 5.78 Å². The molecule has 0 aromatic carbocycles. The molecule has 0 saturated carbocycles. The van der Waals surface area contributed by atoms with Gasteiger partial charge in [-0.2, -0.15) is 0 Å². The summed E-state index contributed by atoms with van der Waals surface area (Å²) in [6, 6.07) is 0. The Hall–Kier alpha value is -1.71. The highest BCUT2D eigenvalue weighted by molar-refractivity contribution is 6.09. The van der Waals surface area contributed by atoms with Crippen LogP contribution in [-0.2, 0) is 6.42 Å². The molecule has 1 heterocycles. The quantitative estimate of drug-likeness (QED) is 0.596. The Morgan fingerprint density at radius 3 is 3.00 bits per heavy atom. The Morgan fingerprint density at radius 1 is 1.42 bits per heavy atom. The number of hydrogen-bond acceptors (Lipinski definition) is 4.